The smallest absolute Gasteiger partial charge is 0.320 e. The van der Waals surface area contributed by atoms with Crippen molar-refractivity contribution in [3.05, 3.63) is 53.2 Å². The number of halogens is 2. The number of benzene rings is 1. The number of pyridine rings is 1. The number of nitrogens with zero attached hydrogens (tertiary/aromatic N) is 2. The summed E-state index contributed by atoms with van der Waals surface area (Å²) in [7, 11) is -3.74. The van der Waals surface area contributed by atoms with Crippen molar-refractivity contribution in [3.8, 4) is 0 Å². The highest BCUT2D eigenvalue weighted by atomic mass is 32.2. The Bertz CT molecular complexity index is 1030. The Hall–Kier alpha value is -2.59. The summed E-state index contributed by atoms with van der Waals surface area (Å²) >= 11 is 0. The third-order valence-corrected chi connectivity index (χ3v) is 6.05. The van der Waals surface area contributed by atoms with Crippen LogP contribution in [0.25, 0.3) is 0 Å². The average molecular weight is 424 g/mol. The van der Waals surface area contributed by atoms with Crippen molar-refractivity contribution in [2.24, 2.45) is 0 Å². The van der Waals surface area contributed by atoms with Crippen LogP contribution in [0.1, 0.15) is 31.9 Å². The molecular formula is C19H22F2N4O3S. The second kappa shape index (κ2) is 7.68. The lowest BCUT2D eigenvalue weighted by Gasteiger charge is -2.29. The Labute approximate surface area is 168 Å². The van der Waals surface area contributed by atoms with Gasteiger partial charge in [-0.05, 0) is 57.0 Å². The molecule has 0 bridgehead atoms. The third kappa shape index (κ3) is 4.88. The zero-order valence-electron chi connectivity index (χ0n) is 16.3. The monoisotopic (exact) mass is 424 g/mol. The standard InChI is InChI=1S/C19H22F2N4O3S/c1-19(2,3)24-29(27,28)12-4-7-17(22-10-12)23-18(26)25-9-8-13-14(11-25)16(21)6-5-15(13)20/h4-7,10,24H,8-9,11H2,1-3H3,(H,22,23,26). The van der Waals surface area contributed by atoms with Gasteiger partial charge in [0.05, 0.1) is 6.54 Å². The maximum Gasteiger partial charge on any atom is 0.323 e. The number of carbonyl (C=O) groups excluding carboxylic acids is 1. The Morgan fingerprint density at radius 3 is 2.34 bits per heavy atom. The Kier molecular flexibility index (Phi) is 5.59. The zero-order chi connectivity index (χ0) is 21.4. The fourth-order valence-corrected chi connectivity index (χ4v) is 4.39. The SMILES string of the molecule is CC(C)(C)NS(=O)(=O)c1ccc(NC(=O)N2CCc3c(F)ccc(F)c3C2)nc1. The van der Waals surface area contributed by atoms with Gasteiger partial charge < -0.3 is 4.90 Å². The molecule has 7 nitrogen and oxygen atoms in total. The molecule has 0 fully saturated rings. The van der Waals surface area contributed by atoms with Crippen LogP contribution in [-0.2, 0) is 23.0 Å². The number of urea groups is 1. The van der Waals surface area contributed by atoms with Gasteiger partial charge in [-0.1, -0.05) is 0 Å². The van der Waals surface area contributed by atoms with Crippen molar-refractivity contribution in [1.82, 2.24) is 14.6 Å². The third-order valence-electron chi connectivity index (χ3n) is 4.31. The maximum absolute atomic E-state index is 14.0. The van der Waals surface area contributed by atoms with Crippen molar-refractivity contribution in [3.63, 3.8) is 0 Å². The fourth-order valence-electron chi connectivity index (χ4n) is 3.03. The van der Waals surface area contributed by atoms with E-state index in [9.17, 15) is 22.0 Å². The first kappa shape index (κ1) is 21.1. The molecule has 29 heavy (non-hydrogen) atoms. The van der Waals surface area contributed by atoms with E-state index in [2.05, 4.69) is 15.0 Å². The molecule has 0 saturated carbocycles. The number of anilines is 1. The average Bonchev–Trinajstić information content (AvgIpc) is 2.63. The predicted molar refractivity (Wildman–Crippen MR) is 104 cm³/mol. The summed E-state index contributed by atoms with van der Waals surface area (Å²) in [5, 5.41) is 2.55. The van der Waals surface area contributed by atoms with E-state index >= 15 is 0 Å². The molecule has 3 rings (SSSR count). The molecule has 2 N–H and O–H groups in total. The van der Waals surface area contributed by atoms with Crippen LogP contribution in [0.15, 0.2) is 35.4 Å². The van der Waals surface area contributed by atoms with E-state index in [-0.39, 0.29) is 41.4 Å². The lowest BCUT2D eigenvalue weighted by atomic mass is 9.99. The van der Waals surface area contributed by atoms with Crippen LogP contribution in [0.3, 0.4) is 0 Å². The fraction of sp³-hybridized carbons (Fsp3) is 0.368. The van der Waals surface area contributed by atoms with Gasteiger partial charge >= 0.3 is 6.03 Å². The molecule has 1 aromatic heterocycles. The second-order valence-electron chi connectivity index (χ2n) is 7.82. The van der Waals surface area contributed by atoms with Gasteiger partial charge in [-0.2, -0.15) is 0 Å². The number of hydrogen-bond acceptors (Lipinski definition) is 4. The predicted octanol–water partition coefficient (Wildman–Crippen LogP) is 3.03. The van der Waals surface area contributed by atoms with E-state index in [0.29, 0.717) is 0 Å². The summed E-state index contributed by atoms with van der Waals surface area (Å²) in [6.07, 6.45) is 1.35. The highest BCUT2D eigenvalue weighted by Gasteiger charge is 2.26. The number of aromatic nitrogens is 1. The Morgan fingerprint density at radius 1 is 1.10 bits per heavy atom. The number of sulfonamides is 1. The van der Waals surface area contributed by atoms with Gasteiger partial charge in [-0.15, -0.1) is 0 Å². The first-order valence-corrected chi connectivity index (χ1v) is 10.5. The quantitative estimate of drug-likeness (QED) is 0.792. The van der Waals surface area contributed by atoms with Crippen LogP contribution in [0.2, 0.25) is 0 Å². The second-order valence-corrected chi connectivity index (χ2v) is 9.51. The van der Waals surface area contributed by atoms with Crippen molar-refractivity contribution in [2.45, 2.75) is 44.2 Å². The summed E-state index contributed by atoms with van der Waals surface area (Å²) in [6.45, 7) is 5.32. The van der Waals surface area contributed by atoms with Crippen LogP contribution in [0, 0.1) is 11.6 Å². The molecular weight excluding hydrogens is 402 g/mol. The lowest BCUT2D eigenvalue weighted by molar-refractivity contribution is 0.204. The van der Waals surface area contributed by atoms with Gasteiger partial charge in [-0.25, -0.2) is 31.7 Å². The van der Waals surface area contributed by atoms with E-state index in [1.165, 1.54) is 17.0 Å². The van der Waals surface area contributed by atoms with Gasteiger partial charge in [-0.3, -0.25) is 5.32 Å². The summed E-state index contributed by atoms with van der Waals surface area (Å²) in [6, 6.07) is 4.29. The molecule has 1 aliphatic rings. The molecule has 10 heteroatoms. The van der Waals surface area contributed by atoms with Gasteiger partial charge in [0, 0.05) is 23.8 Å². The molecule has 0 unspecified atom stereocenters. The normalized spacial score (nSPS) is 14.4. The summed E-state index contributed by atoms with van der Waals surface area (Å²) < 4.78 is 54.9. The first-order chi connectivity index (χ1) is 13.5. The Balaban J connectivity index is 1.70. The molecule has 1 aliphatic heterocycles. The molecule has 2 heterocycles. The first-order valence-electron chi connectivity index (χ1n) is 8.98. The van der Waals surface area contributed by atoms with Crippen LogP contribution in [0.4, 0.5) is 19.4 Å². The van der Waals surface area contributed by atoms with Crippen LogP contribution < -0.4 is 10.0 Å². The molecule has 156 valence electrons. The summed E-state index contributed by atoms with van der Waals surface area (Å²) in [4.78, 5) is 17.8. The van der Waals surface area contributed by atoms with Crippen molar-refractivity contribution in [1.29, 1.82) is 0 Å². The number of amides is 2. The highest BCUT2D eigenvalue weighted by Crippen LogP contribution is 2.25. The molecule has 0 radical (unpaired) electrons. The number of nitrogens with one attached hydrogen (secondary N) is 2. The number of hydrogen-bond donors (Lipinski definition) is 2. The number of fused-ring (bicyclic) bond motifs is 1. The minimum Gasteiger partial charge on any atom is -0.320 e. The lowest BCUT2D eigenvalue weighted by Crippen LogP contribution is -2.40. The van der Waals surface area contributed by atoms with E-state index in [0.717, 1.165) is 18.3 Å². The van der Waals surface area contributed by atoms with E-state index in [1.54, 1.807) is 20.8 Å². The number of carbonyl (C=O) groups is 1. The number of rotatable bonds is 3. The molecule has 2 amide bonds. The van der Waals surface area contributed by atoms with E-state index in [4.69, 9.17) is 0 Å². The zero-order valence-corrected chi connectivity index (χ0v) is 17.1. The van der Waals surface area contributed by atoms with Crippen LogP contribution in [-0.4, -0.2) is 36.4 Å². The molecule has 0 aliphatic carbocycles. The summed E-state index contributed by atoms with van der Waals surface area (Å²) in [5.74, 6) is -0.892. The van der Waals surface area contributed by atoms with Gasteiger partial charge in [0.15, 0.2) is 0 Å². The molecule has 1 aromatic carbocycles. The van der Waals surface area contributed by atoms with Crippen LogP contribution in [0.5, 0.6) is 0 Å². The van der Waals surface area contributed by atoms with Gasteiger partial charge in [0.2, 0.25) is 10.0 Å². The van der Waals surface area contributed by atoms with E-state index < -0.39 is 33.2 Å². The van der Waals surface area contributed by atoms with Gasteiger partial charge in [0.25, 0.3) is 0 Å². The minimum atomic E-state index is -3.74. The largest absolute Gasteiger partial charge is 0.323 e. The molecule has 2 aromatic rings. The van der Waals surface area contributed by atoms with Crippen LogP contribution >= 0.6 is 0 Å². The minimum absolute atomic E-state index is 0.0325. The molecule has 0 atom stereocenters. The maximum atomic E-state index is 14.0. The highest BCUT2D eigenvalue weighted by molar-refractivity contribution is 7.89. The van der Waals surface area contributed by atoms with Crippen molar-refractivity contribution < 1.29 is 22.0 Å². The molecule has 0 spiro atoms. The van der Waals surface area contributed by atoms with Gasteiger partial charge in [0.1, 0.15) is 22.3 Å². The molecule has 0 saturated heterocycles. The van der Waals surface area contributed by atoms with Crippen molar-refractivity contribution >= 4 is 21.9 Å². The Morgan fingerprint density at radius 2 is 1.76 bits per heavy atom. The summed E-state index contributed by atoms with van der Waals surface area (Å²) in [5.41, 5.74) is -0.201. The van der Waals surface area contributed by atoms with E-state index in [1.807, 2.05) is 0 Å². The topological polar surface area (TPSA) is 91.4 Å². The van der Waals surface area contributed by atoms with Crippen molar-refractivity contribution in [2.75, 3.05) is 11.9 Å².